The van der Waals surface area contributed by atoms with E-state index in [0.29, 0.717) is 5.41 Å². The van der Waals surface area contributed by atoms with Gasteiger partial charge in [-0.1, -0.05) is 12.1 Å². The smallest absolute Gasteiger partial charge is 0.119 e. The van der Waals surface area contributed by atoms with Crippen LogP contribution < -0.4 is 15.8 Å². The molecule has 0 amide bonds. The van der Waals surface area contributed by atoms with E-state index in [-0.39, 0.29) is 6.10 Å². The van der Waals surface area contributed by atoms with Crippen LogP contribution in [0.5, 0.6) is 5.75 Å². The lowest BCUT2D eigenvalue weighted by Crippen LogP contribution is -2.30. The highest BCUT2D eigenvalue weighted by Crippen LogP contribution is 2.43. The summed E-state index contributed by atoms with van der Waals surface area (Å²) in [6.07, 6.45) is 3.87. The number of rotatable bonds is 8. The van der Waals surface area contributed by atoms with Gasteiger partial charge in [0.25, 0.3) is 0 Å². The Morgan fingerprint density at radius 1 is 1.26 bits per heavy atom. The molecule has 0 atom stereocenters. The number of nitrogens with one attached hydrogen (secondary N) is 1. The molecular weight excluding hydrogens is 236 g/mol. The molecule has 106 valence electrons. The second-order valence-corrected chi connectivity index (χ2v) is 5.94. The van der Waals surface area contributed by atoms with E-state index in [4.69, 9.17) is 10.5 Å². The molecule has 2 rings (SSSR count). The van der Waals surface area contributed by atoms with Crippen molar-refractivity contribution in [2.24, 2.45) is 11.1 Å². The third-order valence-corrected chi connectivity index (χ3v) is 3.78. The molecule has 0 aliphatic heterocycles. The fraction of sp³-hybridized carbons (Fsp3) is 0.625. The van der Waals surface area contributed by atoms with Gasteiger partial charge in [0, 0.05) is 6.54 Å². The zero-order chi connectivity index (χ0) is 13.7. The van der Waals surface area contributed by atoms with Gasteiger partial charge in [0.1, 0.15) is 5.75 Å². The molecule has 1 aliphatic rings. The van der Waals surface area contributed by atoms with E-state index < -0.39 is 0 Å². The average molecular weight is 262 g/mol. The van der Waals surface area contributed by atoms with E-state index in [1.54, 1.807) is 0 Å². The summed E-state index contributed by atoms with van der Waals surface area (Å²) >= 11 is 0. The van der Waals surface area contributed by atoms with Crippen molar-refractivity contribution in [3.8, 4) is 5.75 Å². The first-order valence-electron chi connectivity index (χ1n) is 7.30. The molecular formula is C16H26N2O. The van der Waals surface area contributed by atoms with Crippen LogP contribution in [0.15, 0.2) is 24.3 Å². The molecule has 1 aromatic carbocycles. The zero-order valence-electron chi connectivity index (χ0n) is 12.1. The minimum absolute atomic E-state index is 0.235. The molecule has 1 aliphatic carbocycles. The predicted molar refractivity (Wildman–Crippen MR) is 79.5 cm³/mol. The number of ether oxygens (including phenoxy) is 1. The summed E-state index contributed by atoms with van der Waals surface area (Å²) in [5.41, 5.74) is 7.54. The topological polar surface area (TPSA) is 47.3 Å². The van der Waals surface area contributed by atoms with Crippen molar-refractivity contribution in [3.63, 3.8) is 0 Å². The number of nitrogens with two attached hydrogens (primary N) is 1. The highest BCUT2D eigenvalue weighted by molar-refractivity contribution is 5.27. The van der Waals surface area contributed by atoms with Crippen molar-refractivity contribution in [2.45, 2.75) is 39.2 Å². The van der Waals surface area contributed by atoms with Gasteiger partial charge in [0.15, 0.2) is 0 Å². The Labute approximate surface area is 116 Å². The summed E-state index contributed by atoms with van der Waals surface area (Å²) in [6, 6.07) is 8.40. The molecule has 1 aromatic rings. The van der Waals surface area contributed by atoms with Crippen LogP contribution in [0.1, 0.15) is 32.3 Å². The summed E-state index contributed by atoms with van der Waals surface area (Å²) in [5, 5.41) is 3.52. The molecule has 0 aromatic heterocycles. The summed E-state index contributed by atoms with van der Waals surface area (Å²) in [4.78, 5) is 0. The summed E-state index contributed by atoms with van der Waals surface area (Å²) in [5.74, 6) is 0.951. The molecule has 0 spiro atoms. The fourth-order valence-corrected chi connectivity index (χ4v) is 2.22. The van der Waals surface area contributed by atoms with Gasteiger partial charge in [-0.15, -0.1) is 0 Å². The van der Waals surface area contributed by atoms with Gasteiger partial charge in [0.2, 0.25) is 0 Å². The number of benzene rings is 1. The standard InChI is InChI=1S/C16H26N2O/c1-13(2)19-15-5-3-14(4-6-15)7-10-18-12-16(11-17)8-9-16/h3-6,13,18H,7-12,17H2,1-2H3. The number of hydrogen-bond donors (Lipinski definition) is 2. The monoisotopic (exact) mass is 262 g/mol. The first-order chi connectivity index (χ1) is 9.13. The van der Waals surface area contributed by atoms with Crippen LogP contribution in [0.3, 0.4) is 0 Å². The lowest BCUT2D eigenvalue weighted by molar-refractivity contribution is 0.242. The van der Waals surface area contributed by atoms with Crippen LogP contribution in [0.2, 0.25) is 0 Å². The van der Waals surface area contributed by atoms with Crippen molar-refractivity contribution in [2.75, 3.05) is 19.6 Å². The Morgan fingerprint density at radius 2 is 1.95 bits per heavy atom. The minimum Gasteiger partial charge on any atom is -0.491 e. The Kier molecular flexibility index (Phi) is 4.83. The van der Waals surface area contributed by atoms with Crippen molar-refractivity contribution >= 4 is 0 Å². The maximum Gasteiger partial charge on any atom is 0.119 e. The zero-order valence-corrected chi connectivity index (χ0v) is 12.1. The van der Waals surface area contributed by atoms with E-state index in [0.717, 1.165) is 31.8 Å². The van der Waals surface area contributed by atoms with Crippen LogP contribution >= 0.6 is 0 Å². The predicted octanol–water partition coefficient (Wildman–Crippen LogP) is 2.34. The largest absolute Gasteiger partial charge is 0.491 e. The lowest BCUT2D eigenvalue weighted by Gasteiger charge is -2.13. The van der Waals surface area contributed by atoms with Crippen molar-refractivity contribution in [1.82, 2.24) is 5.32 Å². The van der Waals surface area contributed by atoms with Gasteiger partial charge in [0.05, 0.1) is 6.10 Å². The van der Waals surface area contributed by atoms with Crippen molar-refractivity contribution in [1.29, 1.82) is 0 Å². The SMILES string of the molecule is CC(C)Oc1ccc(CCNCC2(CN)CC2)cc1. The van der Waals surface area contributed by atoms with Gasteiger partial charge < -0.3 is 15.8 Å². The van der Waals surface area contributed by atoms with E-state index in [1.807, 2.05) is 13.8 Å². The molecule has 19 heavy (non-hydrogen) atoms. The fourth-order valence-electron chi connectivity index (χ4n) is 2.22. The lowest BCUT2D eigenvalue weighted by atomic mass is 10.1. The van der Waals surface area contributed by atoms with Crippen molar-refractivity contribution in [3.05, 3.63) is 29.8 Å². The van der Waals surface area contributed by atoms with E-state index >= 15 is 0 Å². The van der Waals surface area contributed by atoms with Gasteiger partial charge >= 0.3 is 0 Å². The van der Waals surface area contributed by atoms with Crippen LogP contribution in [0.25, 0.3) is 0 Å². The quantitative estimate of drug-likeness (QED) is 0.707. The Bertz CT molecular complexity index is 382. The van der Waals surface area contributed by atoms with Crippen LogP contribution in [-0.4, -0.2) is 25.7 Å². The Morgan fingerprint density at radius 3 is 2.47 bits per heavy atom. The highest BCUT2D eigenvalue weighted by Gasteiger charge is 2.40. The molecule has 0 heterocycles. The van der Waals surface area contributed by atoms with Crippen LogP contribution in [0.4, 0.5) is 0 Å². The highest BCUT2D eigenvalue weighted by atomic mass is 16.5. The van der Waals surface area contributed by atoms with E-state index in [9.17, 15) is 0 Å². The summed E-state index contributed by atoms with van der Waals surface area (Å²) in [6.45, 7) is 7.00. The molecule has 0 bridgehead atoms. The van der Waals surface area contributed by atoms with Crippen molar-refractivity contribution < 1.29 is 4.74 Å². The van der Waals surface area contributed by atoms with Crippen LogP contribution in [-0.2, 0) is 6.42 Å². The summed E-state index contributed by atoms with van der Waals surface area (Å²) in [7, 11) is 0. The van der Waals surface area contributed by atoms with Gasteiger partial charge in [-0.2, -0.15) is 0 Å². The average Bonchev–Trinajstić information content (AvgIpc) is 3.17. The van der Waals surface area contributed by atoms with Crippen LogP contribution in [0, 0.1) is 5.41 Å². The molecule has 0 radical (unpaired) electrons. The molecule has 3 N–H and O–H groups in total. The minimum atomic E-state index is 0.235. The number of hydrogen-bond acceptors (Lipinski definition) is 3. The molecule has 0 saturated heterocycles. The summed E-state index contributed by atoms with van der Waals surface area (Å²) < 4.78 is 5.63. The molecule has 3 nitrogen and oxygen atoms in total. The first-order valence-corrected chi connectivity index (χ1v) is 7.30. The molecule has 1 saturated carbocycles. The molecule has 0 unspecified atom stereocenters. The van der Waals surface area contributed by atoms with Gasteiger partial charge in [-0.25, -0.2) is 0 Å². The Hall–Kier alpha value is -1.06. The van der Waals surface area contributed by atoms with E-state index in [1.165, 1.54) is 18.4 Å². The van der Waals surface area contributed by atoms with E-state index in [2.05, 4.69) is 29.6 Å². The normalized spacial score (nSPS) is 16.6. The second kappa shape index (κ2) is 6.40. The van der Waals surface area contributed by atoms with Gasteiger partial charge in [-0.3, -0.25) is 0 Å². The third kappa shape index (κ3) is 4.51. The molecule has 3 heteroatoms. The Balaban J connectivity index is 1.68. The third-order valence-electron chi connectivity index (χ3n) is 3.78. The first kappa shape index (κ1) is 14.4. The maximum absolute atomic E-state index is 5.76. The second-order valence-electron chi connectivity index (χ2n) is 5.94. The van der Waals surface area contributed by atoms with Gasteiger partial charge in [-0.05, 0) is 69.3 Å². The molecule has 1 fully saturated rings. The maximum atomic E-state index is 5.76.